The van der Waals surface area contributed by atoms with Crippen molar-refractivity contribution in [2.75, 3.05) is 12.3 Å². The Morgan fingerprint density at radius 2 is 2.11 bits per heavy atom. The minimum atomic E-state index is 0.135. The molecule has 102 valence electrons. The van der Waals surface area contributed by atoms with E-state index in [9.17, 15) is 0 Å². The van der Waals surface area contributed by atoms with Crippen molar-refractivity contribution < 1.29 is 4.74 Å². The highest BCUT2D eigenvalue weighted by Crippen LogP contribution is 2.25. The Labute approximate surface area is 114 Å². The fourth-order valence-corrected chi connectivity index (χ4v) is 1.81. The number of hydrogen-bond donors (Lipinski definition) is 1. The molecule has 0 spiro atoms. The number of benzene rings is 1. The summed E-state index contributed by atoms with van der Waals surface area (Å²) in [7, 11) is 0. The molecule has 2 aromatic rings. The van der Waals surface area contributed by atoms with Gasteiger partial charge < -0.3 is 10.5 Å². The average molecular weight is 259 g/mol. The summed E-state index contributed by atoms with van der Waals surface area (Å²) in [4.78, 5) is 0. The maximum absolute atomic E-state index is 5.75. The molecule has 0 aliphatic heterocycles. The lowest BCUT2D eigenvalue weighted by Gasteiger charge is -2.19. The third kappa shape index (κ3) is 3.74. The molecule has 1 aromatic carbocycles. The average Bonchev–Trinajstić information content (AvgIpc) is 2.74. The van der Waals surface area contributed by atoms with Gasteiger partial charge in [-0.25, -0.2) is 0 Å². The lowest BCUT2D eigenvalue weighted by atomic mass is 9.87. The van der Waals surface area contributed by atoms with E-state index in [1.807, 2.05) is 12.1 Å². The number of nitrogens with two attached hydrogens (primary N) is 1. The van der Waals surface area contributed by atoms with E-state index in [2.05, 4.69) is 38.0 Å². The van der Waals surface area contributed by atoms with E-state index >= 15 is 0 Å². The molecule has 0 aliphatic rings. The highest BCUT2D eigenvalue weighted by atomic mass is 16.5. The van der Waals surface area contributed by atoms with Crippen LogP contribution in [-0.4, -0.2) is 16.4 Å². The molecular weight excluding hydrogens is 238 g/mol. The van der Waals surface area contributed by atoms with Crippen LogP contribution in [-0.2, 0) is 12.0 Å². The van der Waals surface area contributed by atoms with E-state index in [1.165, 1.54) is 5.56 Å². The largest absolute Gasteiger partial charge is 0.492 e. The summed E-state index contributed by atoms with van der Waals surface area (Å²) < 4.78 is 7.53. The van der Waals surface area contributed by atoms with Crippen molar-refractivity contribution in [3.8, 4) is 5.75 Å². The molecule has 0 amide bonds. The molecule has 0 saturated heterocycles. The summed E-state index contributed by atoms with van der Waals surface area (Å²) in [6, 6.07) is 8.23. The van der Waals surface area contributed by atoms with Crippen LogP contribution in [0.5, 0.6) is 5.75 Å². The van der Waals surface area contributed by atoms with Crippen LogP contribution in [0.15, 0.2) is 36.7 Å². The van der Waals surface area contributed by atoms with E-state index < -0.39 is 0 Å². The number of nitrogen functional groups attached to an aromatic ring is 1. The van der Waals surface area contributed by atoms with Crippen LogP contribution in [0.2, 0.25) is 0 Å². The second kappa shape index (κ2) is 5.34. The van der Waals surface area contributed by atoms with Crippen LogP contribution in [0.3, 0.4) is 0 Å². The predicted molar refractivity (Wildman–Crippen MR) is 77.3 cm³/mol. The summed E-state index contributed by atoms with van der Waals surface area (Å²) in [5, 5.41) is 4.12. The molecular formula is C15H21N3O. The third-order valence-electron chi connectivity index (χ3n) is 2.94. The maximum atomic E-state index is 5.75. The molecule has 0 bridgehead atoms. The third-order valence-corrected chi connectivity index (χ3v) is 2.94. The molecule has 1 aromatic heterocycles. The Bertz CT molecular complexity index is 540. The van der Waals surface area contributed by atoms with Crippen molar-refractivity contribution in [2.45, 2.75) is 32.7 Å². The number of ether oxygens (including phenoxy) is 1. The summed E-state index contributed by atoms with van der Waals surface area (Å²) in [5.74, 6) is 0.896. The molecule has 0 unspecified atom stereocenters. The number of aromatic nitrogens is 2. The predicted octanol–water partition coefficient (Wildman–Crippen LogP) is 2.84. The number of rotatable bonds is 4. The molecule has 1 heterocycles. The Morgan fingerprint density at radius 1 is 1.32 bits per heavy atom. The fourth-order valence-electron chi connectivity index (χ4n) is 1.81. The van der Waals surface area contributed by atoms with Crippen LogP contribution in [0.1, 0.15) is 26.3 Å². The topological polar surface area (TPSA) is 53.1 Å². The van der Waals surface area contributed by atoms with Crippen molar-refractivity contribution in [1.29, 1.82) is 0 Å². The zero-order valence-corrected chi connectivity index (χ0v) is 11.8. The molecule has 0 aliphatic carbocycles. The second-order valence-electron chi connectivity index (χ2n) is 5.66. The van der Waals surface area contributed by atoms with Crippen LogP contribution in [0.25, 0.3) is 0 Å². The van der Waals surface area contributed by atoms with Crippen LogP contribution >= 0.6 is 0 Å². The standard InChI is InChI=1S/C15H21N3O/c1-15(2,3)12-5-4-6-14(9-12)19-8-7-18-11-13(16)10-17-18/h4-6,9-11H,7-8,16H2,1-3H3. The number of hydrogen-bond acceptors (Lipinski definition) is 3. The molecule has 0 fully saturated rings. The monoisotopic (exact) mass is 259 g/mol. The molecule has 2 N–H and O–H groups in total. The molecule has 19 heavy (non-hydrogen) atoms. The Morgan fingerprint density at radius 3 is 2.74 bits per heavy atom. The van der Waals surface area contributed by atoms with Crippen LogP contribution in [0.4, 0.5) is 5.69 Å². The van der Waals surface area contributed by atoms with Gasteiger partial charge in [-0.05, 0) is 23.1 Å². The van der Waals surface area contributed by atoms with Gasteiger partial charge in [-0.3, -0.25) is 4.68 Å². The quantitative estimate of drug-likeness (QED) is 0.918. The zero-order valence-electron chi connectivity index (χ0n) is 11.8. The normalized spacial score (nSPS) is 11.5. The molecule has 4 nitrogen and oxygen atoms in total. The summed E-state index contributed by atoms with van der Waals surface area (Å²) in [5.41, 5.74) is 7.69. The van der Waals surface area contributed by atoms with Gasteiger partial charge in [0, 0.05) is 6.20 Å². The minimum Gasteiger partial charge on any atom is -0.492 e. The number of anilines is 1. The van der Waals surface area contributed by atoms with Gasteiger partial charge in [0.1, 0.15) is 12.4 Å². The van der Waals surface area contributed by atoms with Gasteiger partial charge in [-0.15, -0.1) is 0 Å². The first-order valence-electron chi connectivity index (χ1n) is 6.46. The van der Waals surface area contributed by atoms with E-state index in [-0.39, 0.29) is 5.41 Å². The van der Waals surface area contributed by atoms with E-state index in [0.29, 0.717) is 18.8 Å². The SMILES string of the molecule is CC(C)(C)c1cccc(OCCn2cc(N)cn2)c1. The first-order valence-corrected chi connectivity index (χ1v) is 6.46. The second-order valence-corrected chi connectivity index (χ2v) is 5.66. The highest BCUT2D eigenvalue weighted by Gasteiger charge is 2.13. The van der Waals surface area contributed by atoms with Gasteiger partial charge >= 0.3 is 0 Å². The molecule has 0 atom stereocenters. The van der Waals surface area contributed by atoms with E-state index in [1.54, 1.807) is 17.1 Å². The Kier molecular flexibility index (Phi) is 3.79. The van der Waals surface area contributed by atoms with Gasteiger partial charge in [0.25, 0.3) is 0 Å². The van der Waals surface area contributed by atoms with Crippen molar-refractivity contribution in [2.24, 2.45) is 0 Å². The van der Waals surface area contributed by atoms with E-state index in [4.69, 9.17) is 10.5 Å². The fraction of sp³-hybridized carbons (Fsp3) is 0.400. The first-order chi connectivity index (χ1) is 8.95. The van der Waals surface area contributed by atoms with Crippen molar-refractivity contribution in [3.05, 3.63) is 42.2 Å². The summed E-state index contributed by atoms with van der Waals surface area (Å²) >= 11 is 0. The Hall–Kier alpha value is -1.97. The molecule has 2 rings (SSSR count). The minimum absolute atomic E-state index is 0.135. The Balaban J connectivity index is 1.93. The van der Waals surface area contributed by atoms with Gasteiger partial charge in [0.2, 0.25) is 0 Å². The summed E-state index contributed by atoms with van der Waals surface area (Å²) in [6.45, 7) is 7.85. The lowest BCUT2D eigenvalue weighted by molar-refractivity contribution is 0.290. The summed E-state index contributed by atoms with van der Waals surface area (Å²) in [6.07, 6.45) is 3.44. The smallest absolute Gasteiger partial charge is 0.119 e. The molecule has 4 heteroatoms. The van der Waals surface area contributed by atoms with E-state index in [0.717, 1.165) is 5.75 Å². The maximum Gasteiger partial charge on any atom is 0.119 e. The van der Waals surface area contributed by atoms with Gasteiger partial charge in [0.05, 0.1) is 18.4 Å². The number of nitrogens with zero attached hydrogens (tertiary/aromatic N) is 2. The van der Waals surface area contributed by atoms with Crippen LogP contribution in [0, 0.1) is 0 Å². The van der Waals surface area contributed by atoms with Crippen LogP contribution < -0.4 is 10.5 Å². The van der Waals surface area contributed by atoms with Gasteiger partial charge in [-0.1, -0.05) is 32.9 Å². The van der Waals surface area contributed by atoms with Gasteiger partial charge in [-0.2, -0.15) is 5.10 Å². The van der Waals surface area contributed by atoms with Gasteiger partial charge in [0.15, 0.2) is 0 Å². The van der Waals surface area contributed by atoms with Crippen molar-refractivity contribution >= 4 is 5.69 Å². The highest BCUT2D eigenvalue weighted by molar-refractivity contribution is 5.32. The lowest BCUT2D eigenvalue weighted by Crippen LogP contribution is -2.12. The van der Waals surface area contributed by atoms with Crippen molar-refractivity contribution in [3.63, 3.8) is 0 Å². The van der Waals surface area contributed by atoms with Crippen molar-refractivity contribution in [1.82, 2.24) is 9.78 Å². The molecule has 0 radical (unpaired) electrons. The zero-order chi connectivity index (χ0) is 13.9. The first kappa shape index (κ1) is 13.5. The molecule has 0 saturated carbocycles.